The normalized spacial score (nSPS) is 10.7. The van der Waals surface area contributed by atoms with Gasteiger partial charge in [0.1, 0.15) is 0 Å². The summed E-state index contributed by atoms with van der Waals surface area (Å²) in [7, 11) is 0. The lowest BCUT2D eigenvalue weighted by Crippen LogP contribution is -2.43. The van der Waals surface area contributed by atoms with Crippen LogP contribution in [0.3, 0.4) is 0 Å². The van der Waals surface area contributed by atoms with E-state index in [1.54, 1.807) is 32.0 Å². The van der Waals surface area contributed by atoms with E-state index in [0.717, 1.165) is 0 Å². The molecule has 0 aliphatic heterocycles. The van der Waals surface area contributed by atoms with Crippen molar-refractivity contribution in [1.82, 2.24) is 15.8 Å². The summed E-state index contributed by atoms with van der Waals surface area (Å²) in [5.41, 5.74) is 11.7. The lowest BCUT2D eigenvalue weighted by atomic mass is 10.1. The van der Waals surface area contributed by atoms with Gasteiger partial charge in [0.05, 0.1) is 16.8 Å². The SMILES string of the molecule is CC(C)C(=O)NNC(=O)c1cnc2ccc(Cl)cc2c1N. The Bertz CT molecular complexity index is 715. The number of hydrazine groups is 1. The van der Waals surface area contributed by atoms with E-state index in [9.17, 15) is 9.59 Å². The van der Waals surface area contributed by atoms with Crippen LogP contribution in [0.5, 0.6) is 0 Å². The molecule has 21 heavy (non-hydrogen) atoms. The Morgan fingerprint density at radius 3 is 2.67 bits per heavy atom. The fraction of sp³-hybridized carbons (Fsp3) is 0.214. The van der Waals surface area contributed by atoms with Crippen LogP contribution < -0.4 is 16.6 Å². The molecule has 110 valence electrons. The van der Waals surface area contributed by atoms with Gasteiger partial charge >= 0.3 is 0 Å². The van der Waals surface area contributed by atoms with E-state index in [1.165, 1.54) is 6.20 Å². The molecule has 0 bridgehead atoms. The van der Waals surface area contributed by atoms with Gasteiger partial charge in [-0.05, 0) is 18.2 Å². The highest BCUT2D eigenvalue weighted by Crippen LogP contribution is 2.25. The molecule has 2 aromatic rings. The molecule has 0 saturated heterocycles. The molecular weight excluding hydrogens is 292 g/mol. The van der Waals surface area contributed by atoms with Gasteiger partial charge in [0, 0.05) is 22.5 Å². The first kappa shape index (κ1) is 15.1. The van der Waals surface area contributed by atoms with E-state index in [1.807, 2.05) is 0 Å². The second-order valence-electron chi connectivity index (χ2n) is 4.85. The monoisotopic (exact) mass is 306 g/mol. The van der Waals surface area contributed by atoms with Crippen LogP contribution in [0.2, 0.25) is 5.02 Å². The molecule has 1 aromatic heterocycles. The lowest BCUT2D eigenvalue weighted by Gasteiger charge is -2.11. The molecular formula is C14H15ClN4O2. The van der Waals surface area contributed by atoms with Crippen LogP contribution >= 0.6 is 11.6 Å². The van der Waals surface area contributed by atoms with Gasteiger partial charge in [0.25, 0.3) is 5.91 Å². The van der Waals surface area contributed by atoms with Gasteiger partial charge in [-0.25, -0.2) is 0 Å². The van der Waals surface area contributed by atoms with E-state index in [-0.39, 0.29) is 23.1 Å². The van der Waals surface area contributed by atoms with Crippen molar-refractivity contribution in [2.75, 3.05) is 5.73 Å². The summed E-state index contributed by atoms with van der Waals surface area (Å²) < 4.78 is 0. The van der Waals surface area contributed by atoms with Crippen LogP contribution in [-0.2, 0) is 4.79 Å². The molecule has 0 radical (unpaired) electrons. The Balaban J connectivity index is 2.27. The number of carbonyl (C=O) groups excluding carboxylic acids is 2. The molecule has 0 fully saturated rings. The first-order chi connectivity index (χ1) is 9.90. The quantitative estimate of drug-likeness (QED) is 0.738. The standard InChI is InChI=1S/C14H15ClN4O2/c1-7(2)13(20)18-19-14(21)10-6-17-11-4-3-8(15)5-9(11)12(10)16/h3-7H,1-2H3,(H2,16,17)(H,18,20)(H,19,21). The molecule has 0 saturated carbocycles. The highest BCUT2D eigenvalue weighted by Gasteiger charge is 2.15. The minimum Gasteiger partial charge on any atom is -0.397 e. The number of nitrogens with zero attached hydrogens (tertiary/aromatic N) is 1. The van der Waals surface area contributed by atoms with Crippen LogP contribution in [0, 0.1) is 5.92 Å². The van der Waals surface area contributed by atoms with E-state index in [2.05, 4.69) is 15.8 Å². The molecule has 6 nitrogen and oxygen atoms in total. The predicted octanol–water partition coefficient (Wildman–Crippen LogP) is 1.89. The summed E-state index contributed by atoms with van der Waals surface area (Å²) in [6.07, 6.45) is 1.36. The summed E-state index contributed by atoms with van der Waals surface area (Å²) in [6.45, 7) is 3.44. The molecule has 0 aliphatic rings. The summed E-state index contributed by atoms with van der Waals surface area (Å²) in [4.78, 5) is 27.6. The Hall–Kier alpha value is -2.34. The molecule has 4 N–H and O–H groups in total. The maximum atomic E-state index is 12.0. The summed E-state index contributed by atoms with van der Waals surface area (Å²) in [5, 5.41) is 1.09. The number of carbonyl (C=O) groups is 2. The molecule has 0 spiro atoms. The first-order valence-corrected chi connectivity index (χ1v) is 6.72. The van der Waals surface area contributed by atoms with Crippen molar-refractivity contribution >= 4 is 40.0 Å². The average molecular weight is 307 g/mol. The van der Waals surface area contributed by atoms with Gasteiger partial charge in [0.15, 0.2) is 0 Å². The van der Waals surface area contributed by atoms with Gasteiger partial charge in [-0.3, -0.25) is 25.4 Å². The number of nitrogen functional groups attached to an aromatic ring is 1. The molecule has 1 aromatic carbocycles. The van der Waals surface area contributed by atoms with E-state index in [0.29, 0.717) is 15.9 Å². The Labute approximate surface area is 126 Å². The van der Waals surface area contributed by atoms with Gasteiger partial charge in [-0.2, -0.15) is 0 Å². The minimum atomic E-state index is -0.532. The number of aromatic nitrogens is 1. The highest BCUT2D eigenvalue weighted by molar-refractivity contribution is 6.31. The van der Waals surface area contributed by atoms with Crippen molar-refractivity contribution < 1.29 is 9.59 Å². The Morgan fingerprint density at radius 2 is 2.00 bits per heavy atom. The maximum absolute atomic E-state index is 12.0. The number of rotatable bonds is 2. The van der Waals surface area contributed by atoms with Crippen LogP contribution in [0.25, 0.3) is 10.9 Å². The first-order valence-electron chi connectivity index (χ1n) is 6.34. The number of pyridine rings is 1. The smallest absolute Gasteiger partial charge is 0.273 e. The second-order valence-corrected chi connectivity index (χ2v) is 5.28. The third-order valence-electron chi connectivity index (χ3n) is 2.94. The van der Waals surface area contributed by atoms with Gasteiger partial charge in [-0.1, -0.05) is 25.4 Å². The van der Waals surface area contributed by atoms with E-state index >= 15 is 0 Å². The average Bonchev–Trinajstić information content (AvgIpc) is 2.45. The second kappa shape index (κ2) is 5.97. The minimum absolute atomic E-state index is 0.175. The number of halogens is 1. The molecule has 2 rings (SSSR count). The lowest BCUT2D eigenvalue weighted by molar-refractivity contribution is -0.124. The van der Waals surface area contributed by atoms with Gasteiger partial charge < -0.3 is 5.73 Å². The molecule has 0 aliphatic carbocycles. The number of hydrogen-bond acceptors (Lipinski definition) is 4. The summed E-state index contributed by atoms with van der Waals surface area (Å²) in [6, 6.07) is 5.05. The van der Waals surface area contributed by atoms with E-state index < -0.39 is 5.91 Å². The number of nitrogens with one attached hydrogen (secondary N) is 2. The van der Waals surface area contributed by atoms with Crippen molar-refractivity contribution in [2.45, 2.75) is 13.8 Å². The zero-order valence-corrected chi connectivity index (χ0v) is 12.4. The number of fused-ring (bicyclic) bond motifs is 1. The zero-order chi connectivity index (χ0) is 15.6. The van der Waals surface area contributed by atoms with Crippen molar-refractivity contribution in [3.63, 3.8) is 0 Å². The topological polar surface area (TPSA) is 97.1 Å². The summed E-state index contributed by atoms with van der Waals surface area (Å²) >= 11 is 5.92. The highest BCUT2D eigenvalue weighted by atomic mass is 35.5. The third kappa shape index (κ3) is 3.22. The number of nitrogens with two attached hydrogens (primary N) is 1. The Kier molecular flexibility index (Phi) is 4.28. The number of benzene rings is 1. The fourth-order valence-electron chi connectivity index (χ4n) is 1.70. The van der Waals surface area contributed by atoms with Gasteiger partial charge in [0.2, 0.25) is 5.91 Å². The molecule has 7 heteroatoms. The van der Waals surface area contributed by atoms with Crippen LogP contribution in [-0.4, -0.2) is 16.8 Å². The van der Waals surface area contributed by atoms with E-state index in [4.69, 9.17) is 17.3 Å². The molecule has 0 unspecified atom stereocenters. The van der Waals surface area contributed by atoms with Gasteiger partial charge in [-0.15, -0.1) is 0 Å². The van der Waals surface area contributed by atoms with Crippen LogP contribution in [0.4, 0.5) is 5.69 Å². The molecule has 0 atom stereocenters. The molecule has 2 amide bonds. The van der Waals surface area contributed by atoms with Crippen molar-refractivity contribution in [1.29, 1.82) is 0 Å². The molecule has 1 heterocycles. The third-order valence-corrected chi connectivity index (χ3v) is 3.18. The number of hydrogen-bond donors (Lipinski definition) is 3. The number of anilines is 1. The predicted molar refractivity (Wildman–Crippen MR) is 81.6 cm³/mol. The summed E-state index contributed by atoms with van der Waals surface area (Å²) in [5.74, 6) is -1.06. The van der Waals surface area contributed by atoms with Crippen LogP contribution in [0.15, 0.2) is 24.4 Å². The van der Waals surface area contributed by atoms with Crippen molar-refractivity contribution in [3.8, 4) is 0 Å². The largest absolute Gasteiger partial charge is 0.397 e. The van der Waals surface area contributed by atoms with Crippen molar-refractivity contribution in [3.05, 3.63) is 35.0 Å². The van der Waals surface area contributed by atoms with Crippen molar-refractivity contribution in [2.24, 2.45) is 5.92 Å². The number of amides is 2. The Morgan fingerprint density at radius 1 is 1.29 bits per heavy atom. The van der Waals surface area contributed by atoms with Crippen LogP contribution in [0.1, 0.15) is 24.2 Å². The maximum Gasteiger partial charge on any atom is 0.273 e. The zero-order valence-electron chi connectivity index (χ0n) is 11.6. The fourth-order valence-corrected chi connectivity index (χ4v) is 1.87.